The van der Waals surface area contributed by atoms with E-state index in [9.17, 15) is 5.11 Å². The molecule has 0 fully saturated rings. The zero-order valence-corrected chi connectivity index (χ0v) is 14.8. The summed E-state index contributed by atoms with van der Waals surface area (Å²) in [5, 5.41) is 24.3. The summed E-state index contributed by atoms with van der Waals surface area (Å²) >= 11 is 0. The van der Waals surface area contributed by atoms with Crippen LogP contribution in [-0.2, 0) is 6.54 Å². The molecule has 1 aromatic heterocycles. The number of nitrogens with zero attached hydrogens (tertiary/aromatic N) is 4. The molecule has 0 spiro atoms. The number of hydrogen-bond acceptors (Lipinski definition) is 4. The monoisotopic (exact) mass is 344 g/mol. The minimum Gasteiger partial charge on any atom is -0.388 e. The lowest BCUT2D eigenvalue weighted by Gasteiger charge is -2.14. The van der Waals surface area contributed by atoms with E-state index in [4.69, 9.17) is 0 Å². The summed E-state index contributed by atoms with van der Waals surface area (Å²) in [4.78, 5) is 4.57. The van der Waals surface area contributed by atoms with Crippen molar-refractivity contribution < 1.29 is 5.11 Å². The van der Waals surface area contributed by atoms with Crippen molar-refractivity contribution in [2.24, 2.45) is 4.99 Å². The summed E-state index contributed by atoms with van der Waals surface area (Å²) < 4.78 is 1.97. The number of nitrogens with one attached hydrogen (secondary N) is 2. The van der Waals surface area contributed by atoms with Crippen molar-refractivity contribution in [3.8, 4) is 0 Å². The maximum atomic E-state index is 10.2. The second-order valence-corrected chi connectivity index (χ2v) is 5.81. The fourth-order valence-electron chi connectivity index (χ4n) is 2.45. The van der Waals surface area contributed by atoms with Crippen molar-refractivity contribution in [2.45, 2.75) is 38.8 Å². The number of aliphatic hydroxyl groups excluding tert-OH is 1. The molecular formula is C18H28N6O. The fourth-order valence-corrected chi connectivity index (χ4v) is 2.45. The lowest BCUT2D eigenvalue weighted by molar-refractivity contribution is 0.168. The summed E-state index contributed by atoms with van der Waals surface area (Å²) in [6, 6.07) is 9.72. The van der Waals surface area contributed by atoms with E-state index >= 15 is 0 Å². The molecule has 1 unspecified atom stereocenters. The third kappa shape index (κ3) is 7.34. The number of aryl methyl sites for hydroxylation is 1. The number of aliphatic imine (C=N–C) groups is 1. The van der Waals surface area contributed by atoms with E-state index in [1.54, 1.807) is 12.7 Å². The van der Waals surface area contributed by atoms with E-state index < -0.39 is 6.10 Å². The molecule has 0 aliphatic heterocycles. The molecule has 2 rings (SSSR count). The van der Waals surface area contributed by atoms with Gasteiger partial charge in [0.2, 0.25) is 0 Å². The lowest BCUT2D eigenvalue weighted by Crippen LogP contribution is -2.38. The van der Waals surface area contributed by atoms with Gasteiger partial charge in [0, 0.05) is 26.2 Å². The lowest BCUT2D eigenvalue weighted by atomic mass is 10.1. The van der Waals surface area contributed by atoms with E-state index in [2.05, 4.69) is 25.8 Å². The van der Waals surface area contributed by atoms with Crippen LogP contribution in [0.15, 0.2) is 48.0 Å². The van der Waals surface area contributed by atoms with Crippen LogP contribution in [0.4, 0.5) is 0 Å². The van der Waals surface area contributed by atoms with Crippen LogP contribution in [-0.4, -0.2) is 45.5 Å². The first kappa shape index (κ1) is 18.9. The Balaban J connectivity index is 1.66. The zero-order chi connectivity index (χ0) is 17.7. The Morgan fingerprint density at radius 1 is 1.16 bits per heavy atom. The third-order valence-electron chi connectivity index (χ3n) is 3.80. The SMILES string of the molecule is CCNC(=NCCCCn1cnnc1)NCCC(O)c1ccccc1. The summed E-state index contributed by atoms with van der Waals surface area (Å²) in [5.41, 5.74) is 0.945. The van der Waals surface area contributed by atoms with Gasteiger partial charge in [-0.25, -0.2) is 0 Å². The molecule has 1 heterocycles. The van der Waals surface area contributed by atoms with E-state index in [1.807, 2.05) is 41.8 Å². The van der Waals surface area contributed by atoms with Crippen LogP contribution in [0, 0.1) is 0 Å². The highest BCUT2D eigenvalue weighted by molar-refractivity contribution is 5.79. The van der Waals surface area contributed by atoms with Crippen LogP contribution >= 0.6 is 0 Å². The maximum Gasteiger partial charge on any atom is 0.191 e. The average Bonchev–Trinajstić information content (AvgIpc) is 3.15. The van der Waals surface area contributed by atoms with Crippen LogP contribution in [0.3, 0.4) is 0 Å². The van der Waals surface area contributed by atoms with Crippen LogP contribution in [0.25, 0.3) is 0 Å². The van der Waals surface area contributed by atoms with Crippen LogP contribution < -0.4 is 10.6 Å². The maximum absolute atomic E-state index is 10.2. The predicted molar refractivity (Wildman–Crippen MR) is 99.3 cm³/mol. The number of guanidine groups is 1. The molecule has 0 saturated carbocycles. The Kier molecular flexibility index (Phi) is 8.48. The second-order valence-electron chi connectivity index (χ2n) is 5.81. The third-order valence-corrected chi connectivity index (χ3v) is 3.80. The van der Waals surface area contributed by atoms with Gasteiger partial charge in [0.1, 0.15) is 12.7 Å². The second kappa shape index (κ2) is 11.2. The quantitative estimate of drug-likeness (QED) is 0.347. The molecule has 7 nitrogen and oxygen atoms in total. The Labute approximate surface area is 149 Å². The van der Waals surface area contributed by atoms with Crippen LogP contribution in [0.2, 0.25) is 0 Å². The first-order valence-electron chi connectivity index (χ1n) is 8.87. The molecule has 1 atom stereocenters. The summed E-state index contributed by atoms with van der Waals surface area (Å²) in [6.45, 7) is 5.20. The molecule has 1 aromatic carbocycles. The topological polar surface area (TPSA) is 87.4 Å². The first-order valence-corrected chi connectivity index (χ1v) is 8.87. The minimum atomic E-state index is -0.458. The van der Waals surface area contributed by atoms with Crippen molar-refractivity contribution in [1.82, 2.24) is 25.4 Å². The van der Waals surface area contributed by atoms with Gasteiger partial charge in [-0.05, 0) is 31.7 Å². The molecule has 0 aliphatic rings. The van der Waals surface area contributed by atoms with Crippen molar-refractivity contribution >= 4 is 5.96 Å². The molecule has 0 radical (unpaired) electrons. The number of aliphatic hydroxyl groups is 1. The normalized spacial score (nSPS) is 12.8. The fraction of sp³-hybridized carbons (Fsp3) is 0.500. The minimum absolute atomic E-state index is 0.458. The Morgan fingerprint density at radius 2 is 1.92 bits per heavy atom. The molecule has 2 aromatic rings. The Morgan fingerprint density at radius 3 is 2.64 bits per heavy atom. The average molecular weight is 344 g/mol. The van der Waals surface area contributed by atoms with E-state index in [0.29, 0.717) is 13.0 Å². The van der Waals surface area contributed by atoms with E-state index in [1.165, 1.54) is 0 Å². The van der Waals surface area contributed by atoms with Gasteiger partial charge in [-0.2, -0.15) is 0 Å². The molecule has 3 N–H and O–H groups in total. The Bertz CT molecular complexity index is 599. The summed E-state index contributed by atoms with van der Waals surface area (Å²) in [5.74, 6) is 0.798. The number of benzene rings is 1. The highest BCUT2D eigenvalue weighted by Crippen LogP contribution is 2.14. The molecular weight excluding hydrogens is 316 g/mol. The number of rotatable bonds is 10. The number of unbranched alkanes of at least 4 members (excludes halogenated alkanes) is 1. The standard InChI is InChI=1S/C18H28N6O/c1-2-19-18(20-11-6-7-13-24-14-22-23-15-24)21-12-10-17(25)16-8-4-3-5-9-16/h3-5,8-9,14-15,17,25H,2,6-7,10-13H2,1H3,(H2,19,20,21). The van der Waals surface area contributed by atoms with Gasteiger partial charge in [-0.3, -0.25) is 4.99 Å². The van der Waals surface area contributed by atoms with Gasteiger partial charge in [-0.1, -0.05) is 30.3 Å². The van der Waals surface area contributed by atoms with Crippen LogP contribution in [0.1, 0.15) is 37.9 Å². The van der Waals surface area contributed by atoms with Gasteiger partial charge in [-0.15, -0.1) is 10.2 Å². The summed E-state index contributed by atoms with van der Waals surface area (Å²) in [7, 11) is 0. The molecule has 0 amide bonds. The van der Waals surface area contributed by atoms with Gasteiger partial charge in [0.25, 0.3) is 0 Å². The van der Waals surface area contributed by atoms with Crippen molar-refractivity contribution in [3.05, 3.63) is 48.5 Å². The van der Waals surface area contributed by atoms with Crippen LogP contribution in [0.5, 0.6) is 0 Å². The van der Waals surface area contributed by atoms with Gasteiger partial charge in [0.15, 0.2) is 5.96 Å². The van der Waals surface area contributed by atoms with Gasteiger partial charge >= 0.3 is 0 Å². The van der Waals surface area contributed by atoms with Gasteiger partial charge < -0.3 is 20.3 Å². The largest absolute Gasteiger partial charge is 0.388 e. The van der Waals surface area contributed by atoms with Crippen molar-refractivity contribution in [3.63, 3.8) is 0 Å². The zero-order valence-electron chi connectivity index (χ0n) is 14.8. The van der Waals surface area contributed by atoms with Crippen molar-refractivity contribution in [1.29, 1.82) is 0 Å². The molecule has 7 heteroatoms. The van der Waals surface area contributed by atoms with E-state index in [0.717, 1.165) is 44.0 Å². The smallest absolute Gasteiger partial charge is 0.191 e. The van der Waals surface area contributed by atoms with E-state index in [-0.39, 0.29) is 0 Å². The molecule has 25 heavy (non-hydrogen) atoms. The molecule has 0 saturated heterocycles. The number of hydrogen-bond donors (Lipinski definition) is 3. The predicted octanol–water partition coefficient (Wildman–Crippen LogP) is 1.74. The highest BCUT2D eigenvalue weighted by atomic mass is 16.3. The molecule has 136 valence electrons. The highest BCUT2D eigenvalue weighted by Gasteiger charge is 2.06. The van der Waals surface area contributed by atoms with Gasteiger partial charge in [0.05, 0.1) is 6.10 Å². The summed E-state index contributed by atoms with van der Waals surface area (Å²) in [6.07, 6.45) is 5.68. The first-order chi connectivity index (χ1) is 12.3. The number of aromatic nitrogens is 3. The molecule has 0 bridgehead atoms. The van der Waals surface area contributed by atoms with Crippen molar-refractivity contribution in [2.75, 3.05) is 19.6 Å². The Hall–Kier alpha value is -2.41. The molecule has 0 aliphatic carbocycles.